The van der Waals surface area contributed by atoms with Crippen LogP contribution in [-0.2, 0) is 29.8 Å². The van der Waals surface area contributed by atoms with Crippen molar-refractivity contribution in [1.82, 2.24) is 4.72 Å². The summed E-state index contributed by atoms with van der Waals surface area (Å²) in [4.78, 5) is 23.6. The summed E-state index contributed by atoms with van der Waals surface area (Å²) in [5, 5.41) is 2.62. The van der Waals surface area contributed by atoms with Gasteiger partial charge in [-0.2, -0.15) is 4.72 Å². The average molecular weight is 404 g/mol. The molecule has 2 N–H and O–H groups in total. The molecule has 0 unspecified atom stereocenters. The number of hydrogen-bond acceptors (Lipinski definition) is 5. The lowest BCUT2D eigenvalue weighted by molar-refractivity contribution is -0.146. The monoisotopic (exact) mass is 404 g/mol. The minimum absolute atomic E-state index is 0.00511. The maximum absolute atomic E-state index is 12.0. The maximum atomic E-state index is 12.0. The Balaban J connectivity index is 1.79. The summed E-state index contributed by atoms with van der Waals surface area (Å²) in [6, 6.07) is 15.0. The Kier molecular flexibility index (Phi) is 6.93. The number of benzene rings is 2. The molecule has 2 aromatic rings. The summed E-state index contributed by atoms with van der Waals surface area (Å²) in [5.74, 6) is -1.36. The van der Waals surface area contributed by atoms with Crippen LogP contribution in [0.4, 0.5) is 5.69 Å². The Bertz CT molecular complexity index is 917. The highest BCUT2D eigenvalue weighted by molar-refractivity contribution is 7.89. The van der Waals surface area contributed by atoms with Crippen LogP contribution >= 0.6 is 0 Å². The number of amides is 1. The van der Waals surface area contributed by atoms with Crippen molar-refractivity contribution in [3.05, 3.63) is 60.2 Å². The highest BCUT2D eigenvalue weighted by Gasteiger charge is 2.16. The van der Waals surface area contributed by atoms with Gasteiger partial charge in [0.1, 0.15) is 6.54 Å². The van der Waals surface area contributed by atoms with Crippen molar-refractivity contribution in [1.29, 1.82) is 0 Å². The first-order valence-electron chi connectivity index (χ1n) is 8.69. The van der Waals surface area contributed by atoms with Gasteiger partial charge in [-0.1, -0.05) is 51.1 Å². The molecule has 2 rings (SSSR count). The van der Waals surface area contributed by atoms with Gasteiger partial charge in [0, 0.05) is 5.69 Å². The molecule has 0 aliphatic carbocycles. The van der Waals surface area contributed by atoms with Crippen molar-refractivity contribution < 1.29 is 22.7 Å². The van der Waals surface area contributed by atoms with E-state index in [4.69, 9.17) is 4.74 Å². The van der Waals surface area contributed by atoms with E-state index in [0.29, 0.717) is 5.69 Å². The third kappa shape index (κ3) is 6.47. The number of nitrogens with one attached hydrogen (secondary N) is 2. The smallest absolute Gasteiger partial charge is 0.321 e. The molecule has 0 aliphatic rings. The minimum atomic E-state index is -3.81. The molecular formula is C20H24N2O5S. The van der Waals surface area contributed by atoms with E-state index in [9.17, 15) is 18.0 Å². The number of carbonyl (C=O) groups excluding carboxylic acids is 2. The van der Waals surface area contributed by atoms with E-state index < -0.39 is 35.1 Å². The van der Waals surface area contributed by atoms with Crippen LogP contribution < -0.4 is 10.0 Å². The average Bonchev–Trinajstić information content (AvgIpc) is 2.65. The molecule has 0 saturated heterocycles. The predicted octanol–water partition coefficient (Wildman–Crippen LogP) is 2.44. The van der Waals surface area contributed by atoms with Crippen LogP contribution in [0.2, 0.25) is 0 Å². The Morgan fingerprint density at radius 1 is 0.964 bits per heavy atom. The highest BCUT2D eigenvalue weighted by atomic mass is 32.2. The third-order valence-electron chi connectivity index (χ3n) is 3.86. The van der Waals surface area contributed by atoms with Crippen molar-refractivity contribution >= 4 is 27.6 Å². The van der Waals surface area contributed by atoms with Crippen LogP contribution in [0.15, 0.2) is 59.5 Å². The molecule has 0 spiro atoms. The quantitative estimate of drug-likeness (QED) is 0.690. The molecule has 0 saturated carbocycles. The predicted molar refractivity (Wildman–Crippen MR) is 106 cm³/mol. The molecule has 0 fully saturated rings. The Hall–Kier alpha value is -2.71. The number of rotatable bonds is 7. The zero-order valence-corrected chi connectivity index (χ0v) is 16.9. The minimum Gasteiger partial charge on any atom is -0.455 e. The number of esters is 1. The number of carbonyl (C=O) groups is 2. The van der Waals surface area contributed by atoms with Gasteiger partial charge in [-0.15, -0.1) is 0 Å². The fourth-order valence-corrected chi connectivity index (χ4v) is 3.27. The van der Waals surface area contributed by atoms with Gasteiger partial charge in [0.25, 0.3) is 5.91 Å². The Morgan fingerprint density at radius 3 is 2.14 bits per heavy atom. The van der Waals surface area contributed by atoms with Crippen LogP contribution in [0, 0.1) is 0 Å². The van der Waals surface area contributed by atoms with Crippen LogP contribution in [0.3, 0.4) is 0 Å². The molecule has 8 heteroatoms. The molecule has 150 valence electrons. The molecule has 0 bridgehead atoms. The molecule has 0 radical (unpaired) electrons. The van der Waals surface area contributed by atoms with Crippen molar-refractivity contribution in [2.75, 3.05) is 18.5 Å². The summed E-state index contributed by atoms with van der Waals surface area (Å²) in [7, 11) is -3.81. The second-order valence-corrected chi connectivity index (χ2v) is 8.94. The van der Waals surface area contributed by atoms with Crippen molar-refractivity contribution in [3.8, 4) is 0 Å². The highest BCUT2D eigenvalue weighted by Crippen LogP contribution is 2.23. The van der Waals surface area contributed by atoms with Gasteiger partial charge in [0.05, 0.1) is 4.90 Å². The molecular weight excluding hydrogens is 380 g/mol. The summed E-state index contributed by atoms with van der Waals surface area (Å²) < 4.78 is 31.0. The molecule has 0 heterocycles. The fraction of sp³-hybridized carbons (Fsp3) is 0.300. The molecule has 7 nitrogen and oxygen atoms in total. The van der Waals surface area contributed by atoms with E-state index in [1.165, 1.54) is 12.1 Å². The van der Waals surface area contributed by atoms with Gasteiger partial charge in [0.2, 0.25) is 10.0 Å². The normalized spacial score (nSPS) is 11.7. The van der Waals surface area contributed by atoms with E-state index in [-0.39, 0.29) is 10.3 Å². The zero-order valence-electron chi connectivity index (χ0n) is 16.1. The SMILES string of the molecule is CC(C)(C)c1ccc(NC(=O)COC(=O)CNS(=O)(=O)c2ccccc2)cc1. The first-order chi connectivity index (χ1) is 13.1. The van der Waals surface area contributed by atoms with Gasteiger partial charge >= 0.3 is 5.97 Å². The zero-order chi connectivity index (χ0) is 20.8. The molecule has 1 amide bonds. The topological polar surface area (TPSA) is 102 Å². The van der Waals surface area contributed by atoms with Crippen LogP contribution in [0.1, 0.15) is 26.3 Å². The maximum Gasteiger partial charge on any atom is 0.321 e. The van der Waals surface area contributed by atoms with E-state index in [2.05, 4.69) is 30.8 Å². The molecule has 28 heavy (non-hydrogen) atoms. The first-order valence-corrected chi connectivity index (χ1v) is 10.2. The van der Waals surface area contributed by atoms with Crippen molar-refractivity contribution in [2.45, 2.75) is 31.1 Å². The van der Waals surface area contributed by atoms with Crippen molar-refractivity contribution in [3.63, 3.8) is 0 Å². The Labute approximate surface area is 165 Å². The lowest BCUT2D eigenvalue weighted by Crippen LogP contribution is -2.32. The van der Waals surface area contributed by atoms with Crippen LogP contribution in [0.5, 0.6) is 0 Å². The summed E-state index contributed by atoms with van der Waals surface area (Å²) in [6.07, 6.45) is 0. The van der Waals surface area contributed by atoms with E-state index in [0.717, 1.165) is 5.56 Å². The number of anilines is 1. The third-order valence-corrected chi connectivity index (χ3v) is 5.28. The number of sulfonamides is 1. The number of hydrogen-bond donors (Lipinski definition) is 2. The second kappa shape index (κ2) is 8.99. The van der Waals surface area contributed by atoms with Gasteiger partial charge < -0.3 is 10.1 Å². The lowest BCUT2D eigenvalue weighted by atomic mass is 9.87. The first kappa shape index (κ1) is 21.6. The summed E-state index contributed by atoms with van der Waals surface area (Å²) in [5.41, 5.74) is 1.71. The van der Waals surface area contributed by atoms with Crippen molar-refractivity contribution in [2.24, 2.45) is 0 Å². The number of ether oxygens (including phenoxy) is 1. The summed E-state index contributed by atoms with van der Waals surface area (Å²) >= 11 is 0. The van der Waals surface area contributed by atoms with E-state index in [1.54, 1.807) is 30.3 Å². The van der Waals surface area contributed by atoms with Crippen LogP contribution in [0.25, 0.3) is 0 Å². The molecule has 0 atom stereocenters. The second-order valence-electron chi connectivity index (χ2n) is 7.17. The van der Waals surface area contributed by atoms with Crippen LogP contribution in [-0.4, -0.2) is 33.4 Å². The fourth-order valence-electron chi connectivity index (χ4n) is 2.28. The van der Waals surface area contributed by atoms with E-state index >= 15 is 0 Å². The van der Waals surface area contributed by atoms with Gasteiger partial charge in [-0.05, 0) is 35.2 Å². The van der Waals surface area contributed by atoms with Gasteiger partial charge in [-0.3, -0.25) is 9.59 Å². The molecule has 0 aliphatic heterocycles. The summed E-state index contributed by atoms with van der Waals surface area (Å²) in [6.45, 7) is 5.20. The van der Waals surface area contributed by atoms with Gasteiger partial charge in [-0.25, -0.2) is 8.42 Å². The standard InChI is InChI=1S/C20H24N2O5S/c1-20(2,3)15-9-11-16(12-10-15)22-18(23)14-27-19(24)13-21-28(25,26)17-7-5-4-6-8-17/h4-12,21H,13-14H2,1-3H3,(H,22,23). The Morgan fingerprint density at radius 2 is 1.57 bits per heavy atom. The largest absolute Gasteiger partial charge is 0.455 e. The van der Waals surface area contributed by atoms with Gasteiger partial charge in [0.15, 0.2) is 6.61 Å². The lowest BCUT2D eigenvalue weighted by Gasteiger charge is -2.19. The molecule has 2 aromatic carbocycles. The molecule has 0 aromatic heterocycles. The van der Waals surface area contributed by atoms with E-state index in [1.807, 2.05) is 12.1 Å².